The number of carbonyl (C=O) groups excluding carboxylic acids is 1. The van der Waals surface area contributed by atoms with E-state index in [1.165, 1.54) is 6.20 Å². The number of hydrogen-bond donors (Lipinski definition) is 2. The summed E-state index contributed by atoms with van der Waals surface area (Å²) in [5.41, 5.74) is 0.464. The molecule has 0 bridgehead atoms. The van der Waals surface area contributed by atoms with Gasteiger partial charge >= 0.3 is 0 Å². The van der Waals surface area contributed by atoms with E-state index in [4.69, 9.17) is 4.74 Å². The molecule has 0 saturated heterocycles. The summed E-state index contributed by atoms with van der Waals surface area (Å²) in [5.74, 6) is 0.686. The maximum Gasteiger partial charge on any atom is 0.253 e. The Bertz CT molecular complexity index is 390. The van der Waals surface area contributed by atoms with Gasteiger partial charge in [0.15, 0.2) is 0 Å². The zero-order valence-electron chi connectivity index (χ0n) is 11.7. The number of pyridine rings is 1. The Morgan fingerprint density at radius 2 is 2.21 bits per heavy atom. The fourth-order valence-corrected chi connectivity index (χ4v) is 1.76. The smallest absolute Gasteiger partial charge is 0.253 e. The summed E-state index contributed by atoms with van der Waals surface area (Å²) in [6.45, 7) is 6.45. The van der Waals surface area contributed by atoms with E-state index in [0.29, 0.717) is 24.0 Å². The molecule has 1 amide bonds. The van der Waals surface area contributed by atoms with Gasteiger partial charge in [0.25, 0.3) is 5.91 Å². The molecule has 1 heterocycles. The van der Waals surface area contributed by atoms with Crippen LogP contribution < -0.4 is 10.1 Å². The third-order valence-electron chi connectivity index (χ3n) is 2.60. The number of nitrogens with zero attached hydrogens (tertiary/aromatic N) is 1. The Kier molecular flexibility index (Phi) is 6.29. The van der Waals surface area contributed by atoms with E-state index in [-0.39, 0.29) is 18.6 Å². The molecule has 0 saturated carbocycles. The van der Waals surface area contributed by atoms with Crippen LogP contribution >= 0.6 is 0 Å². The van der Waals surface area contributed by atoms with Gasteiger partial charge in [0, 0.05) is 12.3 Å². The van der Waals surface area contributed by atoms with Crippen molar-refractivity contribution < 1.29 is 14.6 Å². The third kappa shape index (κ3) is 5.26. The summed E-state index contributed by atoms with van der Waals surface area (Å²) in [6.07, 6.45) is 2.22. The third-order valence-corrected chi connectivity index (χ3v) is 2.60. The number of ether oxygens (including phenoxy) is 1. The van der Waals surface area contributed by atoms with Crippen LogP contribution in [-0.4, -0.2) is 35.3 Å². The van der Waals surface area contributed by atoms with Crippen molar-refractivity contribution in [1.82, 2.24) is 10.3 Å². The van der Waals surface area contributed by atoms with E-state index in [2.05, 4.69) is 10.3 Å². The van der Waals surface area contributed by atoms with E-state index in [0.717, 1.165) is 6.42 Å². The molecule has 106 valence electrons. The normalized spacial score (nSPS) is 12.3. The molecule has 5 heteroatoms. The summed E-state index contributed by atoms with van der Waals surface area (Å²) in [6, 6.07) is 3.10. The summed E-state index contributed by atoms with van der Waals surface area (Å²) < 4.78 is 5.21. The molecular weight excluding hydrogens is 244 g/mol. The quantitative estimate of drug-likeness (QED) is 0.786. The van der Waals surface area contributed by atoms with Crippen molar-refractivity contribution in [2.24, 2.45) is 5.92 Å². The Labute approximate surface area is 114 Å². The van der Waals surface area contributed by atoms with Crippen LogP contribution in [0.25, 0.3) is 0 Å². The average Bonchev–Trinajstić information content (AvgIpc) is 2.38. The fraction of sp³-hybridized carbons (Fsp3) is 0.571. The Balaban J connectivity index is 2.61. The molecule has 0 aromatic carbocycles. The lowest BCUT2D eigenvalue weighted by atomic mass is 10.0. The molecule has 2 N–H and O–H groups in total. The first-order chi connectivity index (χ1) is 9.06. The molecule has 19 heavy (non-hydrogen) atoms. The monoisotopic (exact) mass is 266 g/mol. The van der Waals surface area contributed by atoms with Gasteiger partial charge in [-0.2, -0.15) is 0 Å². The van der Waals surface area contributed by atoms with Gasteiger partial charge < -0.3 is 15.2 Å². The highest BCUT2D eigenvalue weighted by Crippen LogP contribution is 2.09. The molecule has 1 atom stereocenters. The van der Waals surface area contributed by atoms with E-state index >= 15 is 0 Å². The predicted octanol–water partition coefficient (Wildman–Crippen LogP) is 1.62. The largest absolute Gasteiger partial charge is 0.478 e. The van der Waals surface area contributed by atoms with Crippen molar-refractivity contribution in [3.63, 3.8) is 0 Å². The second-order valence-electron chi connectivity index (χ2n) is 4.80. The van der Waals surface area contributed by atoms with Gasteiger partial charge in [-0.15, -0.1) is 0 Å². The number of carbonyl (C=O) groups is 1. The minimum absolute atomic E-state index is 0.0611. The second kappa shape index (κ2) is 7.74. The standard InChI is InChI=1S/C14H22N2O3/c1-4-19-13-6-5-11(8-15-13)14(18)16-12(9-17)7-10(2)3/h5-6,8,10,12,17H,4,7,9H2,1-3H3,(H,16,18). The first-order valence-electron chi connectivity index (χ1n) is 6.57. The first-order valence-corrected chi connectivity index (χ1v) is 6.57. The minimum Gasteiger partial charge on any atom is -0.478 e. The lowest BCUT2D eigenvalue weighted by molar-refractivity contribution is 0.0908. The van der Waals surface area contributed by atoms with Crippen molar-refractivity contribution in [1.29, 1.82) is 0 Å². The molecule has 5 nitrogen and oxygen atoms in total. The molecule has 0 aliphatic carbocycles. The summed E-state index contributed by atoms with van der Waals surface area (Å²) in [4.78, 5) is 16.0. The highest BCUT2D eigenvalue weighted by atomic mass is 16.5. The van der Waals surface area contributed by atoms with Gasteiger partial charge in [-0.1, -0.05) is 13.8 Å². The van der Waals surface area contributed by atoms with Crippen LogP contribution in [0.5, 0.6) is 5.88 Å². The first kappa shape index (κ1) is 15.4. The molecule has 0 aliphatic rings. The molecule has 0 spiro atoms. The molecule has 1 unspecified atom stereocenters. The van der Waals surface area contributed by atoms with Gasteiger partial charge in [-0.3, -0.25) is 4.79 Å². The van der Waals surface area contributed by atoms with Crippen molar-refractivity contribution in [3.05, 3.63) is 23.9 Å². The van der Waals surface area contributed by atoms with Crippen LogP contribution in [0.1, 0.15) is 37.6 Å². The SMILES string of the molecule is CCOc1ccc(C(=O)NC(CO)CC(C)C)cn1. The van der Waals surface area contributed by atoms with Gasteiger partial charge in [0.05, 0.1) is 24.8 Å². The number of amides is 1. The van der Waals surface area contributed by atoms with Crippen LogP contribution in [0, 0.1) is 5.92 Å². The number of nitrogens with one attached hydrogen (secondary N) is 1. The van der Waals surface area contributed by atoms with Gasteiger partial charge in [-0.05, 0) is 25.3 Å². The lowest BCUT2D eigenvalue weighted by Gasteiger charge is -2.18. The number of rotatable bonds is 7. The average molecular weight is 266 g/mol. The molecule has 1 aromatic heterocycles. The summed E-state index contributed by atoms with van der Waals surface area (Å²) >= 11 is 0. The second-order valence-corrected chi connectivity index (χ2v) is 4.80. The highest BCUT2D eigenvalue weighted by molar-refractivity contribution is 5.94. The molecule has 1 rings (SSSR count). The molecule has 0 fully saturated rings. The fourth-order valence-electron chi connectivity index (χ4n) is 1.76. The van der Waals surface area contributed by atoms with Crippen molar-refractivity contribution in [2.45, 2.75) is 33.2 Å². The molecule has 0 radical (unpaired) electrons. The van der Waals surface area contributed by atoms with Crippen LogP contribution in [-0.2, 0) is 0 Å². The Hall–Kier alpha value is -1.62. The van der Waals surface area contributed by atoms with Crippen molar-refractivity contribution >= 4 is 5.91 Å². The van der Waals surface area contributed by atoms with Gasteiger partial charge in [0.2, 0.25) is 5.88 Å². The van der Waals surface area contributed by atoms with E-state index < -0.39 is 0 Å². The highest BCUT2D eigenvalue weighted by Gasteiger charge is 2.14. The summed E-state index contributed by atoms with van der Waals surface area (Å²) in [5, 5.41) is 12.0. The zero-order chi connectivity index (χ0) is 14.3. The molecular formula is C14H22N2O3. The maximum atomic E-state index is 12.0. The zero-order valence-corrected chi connectivity index (χ0v) is 11.7. The van der Waals surface area contributed by atoms with Crippen molar-refractivity contribution in [3.8, 4) is 5.88 Å². The maximum absolute atomic E-state index is 12.0. The molecule has 0 aliphatic heterocycles. The Morgan fingerprint density at radius 1 is 1.47 bits per heavy atom. The van der Waals surface area contributed by atoms with E-state index in [9.17, 15) is 9.90 Å². The summed E-state index contributed by atoms with van der Waals surface area (Å²) in [7, 11) is 0. The van der Waals surface area contributed by atoms with E-state index in [1.807, 2.05) is 20.8 Å². The van der Waals surface area contributed by atoms with Crippen molar-refractivity contribution in [2.75, 3.05) is 13.2 Å². The van der Waals surface area contributed by atoms with Crippen LogP contribution in [0.15, 0.2) is 18.3 Å². The van der Waals surface area contributed by atoms with E-state index in [1.54, 1.807) is 12.1 Å². The number of hydrogen-bond acceptors (Lipinski definition) is 4. The predicted molar refractivity (Wildman–Crippen MR) is 73.2 cm³/mol. The number of aliphatic hydroxyl groups is 1. The lowest BCUT2D eigenvalue weighted by Crippen LogP contribution is -2.38. The topological polar surface area (TPSA) is 71.5 Å². The Morgan fingerprint density at radius 3 is 2.68 bits per heavy atom. The minimum atomic E-state index is -0.227. The molecule has 1 aromatic rings. The van der Waals surface area contributed by atoms with Gasteiger partial charge in [0.1, 0.15) is 0 Å². The van der Waals surface area contributed by atoms with Crippen LogP contribution in [0.2, 0.25) is 0 Å². The van der Waals surface area contributed by atoms with Crippen LogP contribution in [0.4, 0.5) is 0 Å². The number of aromatic nitrogens is 1. The van der Waals surface area contributed by atoms with Gasteiger partial charge in [-0.25, -0.2) is 4.98 Å². The van der Waals surface area contributed by atoms with Crippen LogP contribution in [0.3, 0.4) is 0 Å². The number of aliphatic hydroxyl groups excluding tert-OH is 1.